The van der Waals surface area contributed by atoms with Crippen LogP contribution in [-0.2, 0) is 4.74 Å². The van der Waals surface area contributed by atoms with E-state index in [9.17, 15) is 14.3 Å². The summed E-state index contributed by atoms with van der Waals surface area (Å²) in [4.78, 5) is 17.8. The Morgan fingerprint density at radius 1 is 1.26 bits per heavy atom. The summed E-state index contributed by atoms with van der Waals surface area (Å²) in [5.41, 5.74) is 2.63. The standard InChI is InChI=1S/C26H25FN4O4/c1-15-12-17(35-22-5-3-2-4-20(22)27)8-9-19(15)25(33)24-23-21(10-11-28-26(23)31-30-24)29-16-6-7-18(13-32)34-14-16/h2-5,8-12,16,18,32H,6-7,13-14H2,1H3,(H2,28,29,30,31)/t16-,18+/m1/s1. The number of anilines is 1. The number of aromatic amines is 1. The first-order chi connectivity index (χ1) is 17.0. The zero-order valence-corrected chi connectivity index (χ0v) is 19.1. The number of para-hydroxylation sites is 1. The molecule has 0 amide bonds. The Hall–Kier alpha value is -3.82. The van der Waals surface area contributed by atoms with Crippen molar-refractivity contribution in [3.8, 4) is 11.5 Å². The number of aliphatic hydroxyl groups excluding tert-OH is 1. The van der Waals surface area contributed by atoms with E-state index in [1.807, 2.05) is 6.07 Å². The molecule has 0 bridgehead atoms. The van der Waals surface area contributed by atoms with Crippen LogP contribution in [0.5, 0.6) is 11.5 Å². The van der Waals surface area contributed by atoms with Gasteiger partial charge in [-0.1, -0.05) is 12.1 Å². The Morgan fingerprint density at radius 2 is 2.11 bits per heavy atom. The Balaban J connectivity index is 1.40. The molecule has 2 aromatic heterocycles. The van der Waals surface area contributed by atoms with Gasteiger partial charge in [-0.05, 0) is 61.7 Å². The summed E-state index contributed by atoms with van der Waals surface area (Å²) in [6, 6.07) is 13.0. The number of aliphatic hydroxyl groups is 1. The molecule has 8 nitrogen and oxygen atoms in total. The molecule has 2 aromatic carbocycles. The summed E-state index contributed by atoms with van der Waals surface area (Å²) in [5, 5.41) is 20.5. The molecule has 0 saturated carbocycles. The normalized spacial score (nSPS) is 17.9. The van der Waals surface area contributed by atoms with Crippen LogP contribution >= 0.6 is 0 Å². The lowest BCUT2D eigenvalue weighted by atomic mass is 10.00. The number of rotatable bonds is 7. The molecule has 4 aromatic rings. The molecular formula is C26H25FN4O4. The molecule has 0 radical (unpaired) electrons. The van der Waals surface area contributed by atoms with Gasteiger partial charge in [0.1, 0.15) is 11.4 Å². The molecule has 35 heavy (non-hydrogen) atoms. The van der Waals surface area contributed by atoms with Gasteiger partial charge < -0.3 is 19.9 Å². The van der Waals surface area contributed by atoms with Crippen LogP contribution in [0, 0.1) is 12.7 Å². The monoisotopic (exact) mass is 476 g/mol. The van der Waals surface area contributed by atoms with E-state index in [-0.39, 0.29) is 36.0 Å². The first-order valence-electron chi connectivity index (χ1n) is 11.4. The number of nitrogens with one attached hydrogen (secondary N) is 2. The molecule has 3 heterocycles. The number of ether oxygens (including phenoxy) is 2. The van der Waals surface area contributed by atoms with Crippen molar-refractivity contribution >= 4 is 22.5 Å². The first kappa shape index (κ1) is 22.9. The molecule has 1 saturated heterocycles. The number of aromatic nitrogens is 3. The first-order valence-corrected chi connectivity index (χ1v) is 11.4. The number of halogens is 1. The van der Waals surface area contributed by atoms with Gasteiger partial charge in [0.2, 0.25) is 5.78 Å². The third kappa shape index (κ3) is 4.73. The lowest BCUT2D eigenvalue weighted by Crippen LogP contribution is -2.36. The van der Waals surface area contributed by atoms with Crippen molar-refractivity contribution in [2.75, 3.05) is 18.5 Å². The van der Waals surface area contributed by atoms with Gasteiger partial charge in [0.05, 0.1) is 24.7 Å². The SMILES string of the molecule is Cc1cc(Oc2ccccc2F)ccc1C(=O)c1n[nH]c2nccc(N[C@@H]3CC[C@@H](CO)OC3)c12. The average Bonchev–Trinajstić information content (AvgIpc) is 3.31. The molecule has 1 fully saturated rings. The molecular weight excluding hydrogens is 451 g/mol. The number of ketones is 1. The number of hydrogen-bond acceptors (Lipinski definition) is 7. The number of fused-ring (bicyclic) bond motifs is 1. The van der Waals surface area contributed by atoms with Gasteiger partial charge >= 0.3 is 0 Å². The van der Waals surface area contributed by atoms with Gasteiger partial charge in [-0.15, -0.1) is 0 Å². The van der Waals surface area contributed by atoms with Crippen molar-refractivity contribution in [2.45, 2.75) is 31.9 Å². The summed E-state index contributed by atoms with van der Waals surface area (Å²) in [5.74, 6) is -0.180. The zero-order valence-electron chi connectivity index (χ0n) is 19.1. The van der Waals surface area contributed by atoms with Crippen molar-refractivity contribution in [3.05, 3.63) is 77.4 Å². The quantitative estimate of drug-likeness (QED) is 0.340. The minimum Gasteiger partial charge on any atom is -0.454 e. The van der Waals surface area contributed by atoms with E-state index in [1.54, 1.807) is 49.5 Å². The second kappa shape index (κ2) is 9.81. The third-order valence-corrected chi connectivity index (χ3v) is 6.12. The number of carbonyl (C=O) groups is 1. The van der Waals surface area contributed by atoms with E-state index < -0.39 is 5.82 Å². The molecule has 180 valence electrons. The van der Waals surface area contributed by atoms with Crippen molar-refractivity contribution in [1.29, 1.82) is 0 Å². The van der Waals surface area contributed by atoms with Crippen molar-refractivity contribution in [2.24, 2.45) is 0 Å². The highest BCUT2D eigenvalue weighted by Crippen LogP contribution is 2.30. The highest BCUT2D eigenvalue weighted by Gasteiger charge is 2.25. The Bertz CT molecular complexity index is 1360. The minimum atomic E-state index is -0.462. The van der Waals surface area contributed by atoms with Crippen LogP contribution in [0.15, 0.2) is 54.7 Å². The maximum Gasteiger partial charge on any atom is 0.214 e. The topological polar surface area (TPSA) is 109 Å². The minimum absolute atomic E-state index is 0.00999. The van der Waals surface area contributed by atoms with Crippen LogP contribution in [0.4, 0.5) is 10.1 Å². The van der Waals surface area contributed by atoms with E-state index in [1.165, 1.54) is 6.07 Å². The Labute approximate surface area is 201 Å². The number of benzene rings is 2. The second-order valence-electron chi connectivity index (χ2n) is 8.55. The molecule has 1 aliphatic heterocycles. The predicted molar refractivity (Wildman–Crippen MR) is 128 cm³/mol. The number of aryl methyl sites for hydroxylation is 1. The van der Waals surface area contributed by atoms with E-state index in [0.29, 0.717) is 34.5 Å². The van der Waals surface area contributed by atoms with Gasteiger partial charge in [-0.2, -0.15) is 5.10 Å². The molecule has 0 aliphatic carbocycles. The van der Waals surface area contributed by atoms with Crippen LogP contribution in [0.3, 0.4) is 0 Å². The highest BCUT2D eigenvalue weighted by molar-refractivity contribution is 6.17. The largest absolute Gasteiger partial charge is 0.454 e. The molecule has 0 unspecified atom stereocenters. The maximum atomic E-state index is 13.9. The lowest BCUT2D eigenvalue weighted by Gasteiger charge is -2.29. The number of hydrogen-bond donors (Lipinski definition) is 3. The number of nitrogens with zero attached hydrogens (tertiary/aromatic N) is 2. The molecule has 1 aliphatic rings. The van der Waals surface area contributed by atoms with E-state index in [2.05, 4.69) is 20.5 Å². The Kier molecular flexibility index (Phi) is 6.43. The fourth-order valence-corrected chi connectivity index (χ4v) is 4.26. The number of carbonyl (C=O) groups excluding carboxylic acids is 1. The fourth-order valence-electron chi connectivity index (χ4n) is 4.26. The van der Waals surface area contributed by atoms with Crippen LogP contribution < -0.4 is 10.1 Å². The highest BCUT2D eigenvalue weighted by atomic mass is 19.1. The molecule has 3 N–H and O–H groups in total. The van der Waals surface area contributed by atoms with Gasteiger partial charge in [-0.3, -0.25) is 9.89 Å². The van der Waals surface area contributed by atoms with Crippen LogP contribution in [0.2, 0.25) is 0 Å². The average molecular weight is 477 g/mol. The van der Waals surface area contributed by atoms with Crippen molar-refractivity contribution < 1.29 is 23.8 Å². The Morgan fingerprint density at radius 3 is 2.86 bits per heavy atom. The summed E-state index contributed by atoms with van der Waals surface area (Å²) in [7, 11) is 0. The molecule has 0 spiro atoms. The van der Waals surface area contributed by atoms with Crippen LogP contribution in [0.1, 0.15) is 34.5 Å². The summed E-state index contributed by atoms with van der Waals surface area (Å²) in [6.07, 6.45) is 3.10. The molecule has 2 atom stereocenters. The van der Waals surface area contributed by atoms with Gasteiger partial charge in [0, 0.05) is 23.5 Å². The summed E-state index contributed by atoms with van der Waals surface area (Å²) in [6.45, 7) is 2.26. The lowest BCUT2D eigenvalue weighted by molar-refractivity contribution is -0.0223. The van der Waals surface area contributed by atoms with Crippen molar-refractivity contribution in [1.82, 2.24) is 15.2 Å². The number of pyridine rings is 1. The maximum absolute atomic E-state index is 13.9. The van der Waals surface area contributed by atoms with Crippen molar-refractivity contribution in [3.63, 3.8) is 0 Å². The van der Waals surface area contributed by atoms with Crippen LogP contribution in [-0.4, -0.2) is 51.4 Å². The fraction of sp³-hybridized carbons (Fsp3) is 0.269. The second-order valence-corrected chi connectivity index (χ2v) is 8.55. The predicted octanol–water partition coefficient (Wildman–Crippen LogP) is 4.38. The van der Waals surface area contributed by atoms with Gasteiger partial charge in [0.15, 0.2) is 17.2 Å². The zero-order chi connectivity index (χ0) is 24.4. The molecule has 9 heteroatoms. The van der Waals surface area contributed by atoms with Crippen LogP contribution in [0.25, 0.3) is 11.0 Å². The number of H-pyrrole nitrogens is 1. The molecule has 5 rings (SSSR count). The summed E-state index contributed by atoms with van der Waals surface area (Å²) >= 11 is 0. The van der Waals surface area contributed by atoms with Gasteiger partial charge in [-0.25, -0.2) is 9.37 Å². The summed E-state index contributed by atoms with van der Waals surface area (Å²) < 4.78 is 25.3. The van der Waals surface area contributed by atoms with E-state index >= 15 is 0 Å². The van der Waals surface area contributed by atoms with E-state index in [4.69, 9.17) is 9.47 Å². The van der Waals surface area contributed by atoms with E-state index in [0.717, 1.165) is 18.5 Å². The smallest absolute Gasteiger partial charge is 0.214 e. The van der Waals surface area contributed by atoms with Gasteiger partial charge in [0.25, 0.3) is 0 Å². The third-order valence-electron chi connectivity index (χ3n) is 6.12.